The average Bonchev–Trinajstić information content (AvgIpc) is 4.12. The van der Waals surface area contributed by atoms with Gasteiger partial charge in [-0.05, 0) is 129 Å². The second-order valence-corrected chi connectivity index (χ2v) is 20.9. The molecule has 10 rings (SSSR count). The molecule has 0 spiro atoms. The summed E-state index contributed by atoms with van der Waals surface area (Å²) in [5, 5.41) is 29.0. The molecule has 0 amide bonds. The van der Waals surface area contributed by atoms with E-state index in [1.165, 1.54) is 31.5 Å². The van der Waals surface area contributed by atoms with Crippen molar-refractivity contribution in [2.75, 3.05) is 102 Å². The summed E-state index contributed by atoms with van der Waals surface area (Å²) in [6.45, 7) is 10.7. The first-order chi connectivity index (χ1) is 35.7. The van der Waals surface area contributed by atoms with E-state index in [9.17, 15) is 19.8 Å². The van der Waals surface area contributed by atoms with Gasteiger partial charge in [-0.3, -0.25) is 19.4 Å². The normalized spacial score (nSPS) is 14.8. The maximum absolute atomic E-state index is 13.0. The number of aromatic nitrogens is 2. The number of ether oxygens (including phenoxy) is 4. The summed E-state index contributed by atoms with van der Waals surface area (Å²) in [7, 11) is 0. The summed E-state index contributed by atoms with van der Waals surface area (Å²) in [5.74, 6) is -0.592. The highest BCUT2D eigenvalue weighted by atomic mass is 32.1. The number of thiophene rings is 2. The molecule has 8 aromatic rings. The smallest absolute Gasteiger partial charge is 0.316 e. The molecule has 0 aliphatic carbocycles. The van der Waals surface area contributed by atoms with Gasteiger partial charge in [0.15, 0.2) is 0 Å². The highest BCUT2D eigenvalue weighted by molar-refractivity contribution is 7.17. The van der Waals surface area contributed by atoms with E-state index >= 15 is 0 Å². The largest absolute Gasteiger partial charge is 0.494 e. The lowest BCUT2D eigenvalue weighted by molar-refractivity contribution is -0.154. The van der Waals surface area contributed by atoms with Crippen molar-refractivity contribution in [1.82, 2.24) is 19.8 Å². The van der Waals surface area contributed by atoms with Gasteiger partial charge in [0.2, 0.25) is 11.8 Å². The quantitative estimate of drug-likeness (QED) is 0.0553. The fourth-order valence-electron chi connectivity index (χ4n) is 9.87. The first kappa shape index (κ1) is 49.8. The van der Waals surface area contributed by atoms with E-state index < -0.39 is 23.8 Å². The first-order valence-electron chi connectivity index (χ1n) is 25.4. The molecule has 2 saturated heterocycles. The number of unbranched alkanes of at least 4 members (excludes halogenated alkanes) is 2. The van der Waals surface area contributed by atoms with E-state index in [0.29, 0.717) is 35.7 Å². The molecule has 2 N–H and O–H groups in total. The number of benzene rings is 4. The van der Waals surface area contributed by atoms with Crippen molar-refractivity contribution in [3.05, 3.63) is 120 Å². The third-order valence-corrected chi connectivity index (χ3v) is 16.0. The van der Waals surface area contributed by atoms with E-state index in [2.05, 4.69) is 88.9 Å². The topological polar surface area (TPSA) is 150 Å². The van der Waals surface area contributed by atoms with Gasteiger partial charge < -0.3 is 39.0 Å². The van der Waals surface area contributed by atoms with E-state index in [1.54, 1.807) is 34.8 Å². The van der Waals surface area contributed by atoms with Crippen LogP contribution in [0.5, 0.6) is 23.3 Å². The fourth-order valence-corrected chi connectivity index (χ4v) is 11.5. The number of carboxylic acid groups (broad SMARTS) is 2. The van der Waals surface area contributed by atoms with Gasteiger partial charge in [-0.2, -0.15) is 0 Å². The molecule has 6 heterocycles. The molecular weight excluding hydrogens is 961 g/mol. The Hall–Kier alpha value is -6.72. The van der Waals surface area contributed by atoms with Gasteiger partial charge in [-0.1, -0.05) is 12.1 Å². The van der Waals surface area contributed by atoms with Crippen LogP contribution in [0.2, 0.25) is 0 Å². The van der Waals surface area contributed by atoms with Crippen molar-refractivity contribution < 1.29 is 38.7 Å². The van der Waals surface area contributed by atoms with Crippen LogP contribution in [-0.4, -0.2) is 134 Å². The van der Waals surface area contributed by atoms with Crippen LogP contribution < -0.4 is 28.7 Å². The minimum absolute atomic E-state index is 0.204. The monoisotopic (exact) mass is 1020 g/mol. The number of hydrogen-bond acceptors (Lipinski definition) is 14. The third kappa shape index (κ3) is 12.4. The summed E-state index contributed by atoms with van der Waals surface area (Å²) in [5.41, 5.74) is 2.21. The summed E-state index contributed by atoms with van der Waals surface area (Å²) in [6.07, 6.45) is 3.25. The van der Waals surface area contributed by atoms with Crippen LogP contribution in [0.15, 0.2) is 120 Å². The Morgan fingerprint density at radius 2 is 1.01 bits per heavy atom. The lowest BCUT2D eigenvalue weighted by Gasteiger charge is -2.36. The second-order valence-electron chi connectivity index (χ2n) is 19.1. The van der Waals surface area contributed by atoms with Crippen LogP contribution in [-0.2, 0) is 9.59 Å². The summed E-state index contributed by atoms with van der Waals surface area (Å²) in [4.78, 5) is 44.2. The zero-order valence-corrected chi connectivity index (χ0v) is 42.7. The molecule has 4 aromatic carbocycles. The van der Waals surface area contributed by atoms with Crippen molar-refractivity contribution in [2.45, 2.75) is 38.5 Å². The zero-order chi connectivity index (χ0) is 50.0. The number of nitrogens with zero attached hydrogens (tertiary/aromatic N) is 6. The van der Waals surface area contributed by atoms with Gasteiger partial charge in [0.05, 0.1) is 24.2 Å². The lowest BCUT2D eigenvalue weighted by Crippen LogP contribution is -2.46. The van der Waals surface area contributed by atoms with Gasteiger partial charge in [0.1, 0.15) is 30.1 Å². The molecule has 73 heavy (non-hydrogen) atoms. The molecule has 16 heteroatoms. The fraction of sp³-hybridized carbons (Fsp3) is 0.368. The molecule has 380 valence electrons. The van der Waals surface area contributed by atoms with E-state index in [0.717, 1.165) is 102 Å². The first-order valence-corrected chi connectivity index (χ1v) is 27.2. The predicted molar refractivity (Wildman–Crippen MR) is 292 cm³/mol. The van der Waals surface area contributed by atoms with Crippen LogP contribution in [0, 0.1) is 5.41 Å². The minimum Gasteiger partial charge on any atom is -0.494 e. The van der Waals surface area contributed by atoms with Crippen molar-refractivity contribution in [1.29, 1.82) is 0 Å². The third-order valence-electron chi connectivity index (χ3n) is 14.2. The maximum atomic E-state index is 13.0. The second kappa shape index (κ2) is 23.4. The number of fused-ring (bicyclic) bond motifs is 4. The standard InChI is InChI=1S/C57H62N6O8S2/c64-55(65)19-22-57(56(66)67,39-70-53-17-13-41-11-15-43(37-47(41)58-53)68-33-3-1-23-60-25-29-62(30-26-60)49-7-5-9-51-45(49)20-35-72-51)40-71-54-18-14-42-12-16-44(38-48(42)59-54)69-34-4-2-24-61-27-31-63(32-28-61)50-8-6-10-52-46(50)21-36-73-52/h5-18,20-21,35-38H,1-4,19,22-34,39-40H2,(H,64,65)(H,66,67). The van der Waals surface area contributed by atoms with Crippen LogP contribution >= 0.6 is 22.7 Å². The molecular formula is C57H62N6O8S2. The highest BCUT2D eigenvalue weighted by Gasteiger charge is 2.42. The number of carbonyl (C=O) groups is 2. The molecule has 14 nitrogen and oxygen atoms in total. The molecule has 0 saturated carbocycles. The average molecular weight is 1020 g/mol. The lowest BCUT2D eigenvalue weighted by atomic mass is 9.84. The molecule has 0 unspecified atom stereocenters. The number of rotatable bonds is 24. The molecule has 4 aromatic heterocycles. The predicted octanol–water partition coefficient (Wildman–Crippen LogP) is 10.6. The van der Waals surface area contributed by atoms with E-state index in [4.69, 9.17) is 18.9 Å². The minimum atomic E-state index is -1.72. The molecule has 0 bridgehead atoms. The highest BCUT2D eigenvalue weighted by Crippen LogP contribution is 2.34. The van der Waals surface area contributed by atoms with Crippen molar-refractivity contribution in [3.8, 4) is 23.3 Å². The van der Waals surface area contributed by atoms with Gasteiger partial charge in [-0.15, -0.1) is 22.7 Å². The van der Waals surface area contributed by atoms with Crippen molar-refractivity contribution in [2.24, 2.45) is 5.41 Å². The SMILES string of the molecule is O=C(O)CCC(COc1ccc2ccc(OCCCCN3CCN(c4cccc5sccc45)CC3)cc2n1)(COc1ccc2ccc(OCCCCN3CCN(c4cccc5sccc45)CC3)cc2n1)C(=O)O. The molecule has 0 atom stereocenters. The Bertz CT molecular complexity index is 2960. The Morgan fingerprint density at radius 1 is 0.548 bits per heavy atom. The molecule has 2 aliphatic rings. The van der Waals surface area contributed by atoms with E-state index in [-0.39, 0.29) is 31.4 Å². The summed E-state index contributed by atoms with van der Waals surface area (Å²) < 4.78 is 27.1. The van der Waals surface area contributed by atoms with Gasteiger partial charge in [0, 0.05) is 125 Å². The Balaban J connectivity index is 0.680. The molecule has 2 fully saturated rings. The van der Waals surface area contributed by atoms with Crippen LogP contribution in [0.25, 0.3) is 42.0 Å². The summed E-state index contributed by atoms with van der Waals surface area (Å²) >= 11 is 3.58. The Labute approximate surface area is 433 Å². The number of carboxylic acids is 2. The van der Waals surface area contributed by atoms with Crippen LogP contribution in [0.3, 0.4) is 0 Å². The number of aliphatic carboxylic acids is 2. The van der Waals surface area contributed by atoms with Crippen molar-refractivity contribution >= 4 is 88.0 Å². The van der Waals surface area contributed by atoms with Gasteiger partial charge in [-0.25, -0.2) is 9.97 Å². The molecule has 2 aliphatic heterocycles. The van der Waals surface area contributed by atoms with E-state index in [1.807, 2.05) is 48.5 Å². The van der Waals surface area contributed by atoms with Gasteiger partial charge in [0.25, 0.3) is 0 Å². The number of anilines is 2. The maximum Gasteiger partial charge on any atom is 0.316 e. The Kier molecular flexibility index (Phi) is 16.0. The van der Waals surface area contributed by atoms with Crippen LogP contribution in [0.4, 0.5) is 11.4 Å². The van der Waals surface area contributed by atoms with Crippen molar-refractivity contribution in [3.63, 3.8) is 0 Å². The summed E-state index contributed by atoms with van der Waals surface area (Å²) in [6, 6.07) is 36.1. The Morgan fingerprint density at radius 3 is 1.47 bits per heavy atom. The number of piperazine rings is 2. The number of hydrogen-bond donors (Lipinski definition) is 2. The molecule has 0 radical (unpaired) electrons. The van der Waals surface area contributed by atoms with Gasteiger partial charge >= 0.3 is 11.9 Å². The number of pyridine rings is 2. The van der Waals surface area contributed by atoms with Crippen LogP contribution in [0.1, 0.15) is 38.5 Å². The zero-order valence-electron chi connectivity index (χ0n) is 41.0.